The van der Waals surface area contributed by atoms with Gasteiger partial charge in [-0.3, -0.25) is 4.79 Å². The normalized spacial score (nSPS) is 13.3. The third-order valence-corrected chi connectivity index (χ3v) is 3.48. The fourth-order valence-electron chi connectivity index (χ4n) is 1.85. The Morgan fingerprint density at radius 3 is 2.26 bits per heavy atom. The molecule has 0 spiro atoms. The highest BCUT2D eigenvalue weighted by atomic mass is 16.1. The molecule has 0 saturated carbocycles. The van der Waals surface area contributed by atoms with Crippen molar-refractivity contribution >= 4 is 5.78 Å². The van der Waals surface area contributed by atoms with Gasteiger partial charge in [0.15, 0.2) is 5.78 Å². The first-order valence-electron chi connectivity index (χ1n) is 7.17. The Morgan fingerprint density at radius 1 is 1.21 bits per heavy atom. The highest BCUT2D eigenvalue weighted by molar-refractivity contribution is 5.82. The largest absolute Gasteiger partial charge is 0.307 e. The maximum atomic E-state index is 11.9. The van der Waals surface area contributed by atoms with E-state index < -0.39 is 0 Å². The summed E-state index contributed by atoms with van der Waals surface area (Å²) in [6.07, 6.45) is 1.57. The fraction of sp³-hybridized carbons (Fsp3) is 0.588. The summed E-state index contributed by atoms with van der Waals surface area (Å²) >= 11 is 0. The molecule has 0 heterocycles. The number of benzene rings is 1. The van der Waals surface area contributed by atoms with Crippen LogP contribution in [0.2, 0.25) is 0 Å². The van der Waals surface area contributed by atoms with E-state index in [9.17, 15) is 4.79 Å². The van der Waals surface area contributed by atoms with Crippen LogP contribution in [0.5, 0.6) is 0 Å². The topological polar surface area (TPSA) is 29.1 Å². The van der Waals surface area contributed by atoms with Crippen LogP contribution in [0, 0.1) is 0 Å². The minimum absolute atomic E-state index is 0.167. The number of hydrogen-bond donors (Lipinski definition) is 1. The zero-order chi connectivity index (χ0) is 14.5. The van der Waals surface area contributed by atoms with E-state index in [4.69, 9.17) is 0 Å². The van der Waals surface area contributed by atoms with Crippen molar-refractivity contribution in [1.82, 2.24) is 5.32 Å². The second-order valence-corrected chi connectivity index (χ2v) is 6.35. The van der Waals surface area contributed by atoms with Gasteiger partial charge in [-0.15, -0.1) is 0 Å². The smallest absolute Gasteiger partial charge is 0.150 e. The molecule has 1 aromatic rings. The van der Waals surface area contributed by atoms with Crippen LogP contribution in [0.1, 0.15) is 52.2 Å². The summed E-state index contributed by atoms with van der Waals surface area (Å²) in [6.45, 7) is 11.3. The summed E-state index contributed by atoms with van der Waals surface area (Å²) < 4.78 is 0. The number of nitrogens with one attached hydrogen (secondary N) is 1. The van der Waals surface area contributed by atoms with Gasteiger partial charge in [0, 0.05) is 12.5 Å². The zero-order valence-electron chi connectivity index (χ0n) is 12.9. The lowest BCUT2D eigenvalue weighted by atomic mass is 9.86. The number of carbonyl (C=O) groups excluding carboxylic acids is 1. The molecule has 0 aliphatic rings. The molecule has 2 heteroatoms. The highest BCUT2D eigenvalue weighted by Crippen LogP contribution is 2.22. The maximum absolute atomic E-state index is 11.9. The lowest BCUT2D eigenvalue weighted by Gasteiger charge is -2.19. The van der Waals surface area contributed by atoms with Gasteiger partial charge in [-0.1, -0.05) is 52.0 Å². The quantitative estimate of drug-likeness (QED) is 0.849. The lowest BCUT2D eigenvalue weighted by molar-refractivity contribution is -0.117. The first kappa shape index (κ1) is 15.9. The van der Waals surface area contributed by atoms with Crippen LogP contribution in [0.4, 0.5) is 0 Å². The van der Waals surface area contributed by atoms with Gasteiger partial charge in [0.2, 0.25) is 0 Å². The third kappa shape index (κ3) is 5.56. The number of Topliss-reactive ketones (excluding diaryl/α,β-unsaturated/α-hetero) is 1. The summed E-state index contributed by atoms with van der Waals surface area (Å²) in [5.74, 6) is 0.254. The van der Waals surface area contributed by atoms with E-state index in [1.54, 1.807) is 0 Å². The summed E-state index contributed by atoms with van der Waals surface area (Å²) in [6, 6.07) is 8.81. The average molecular weight is 261 g/mol. The molecule has 0 fully saturated rings. The summed E-state index contributed by atoms with van der Waals surface area (Å²) in [5.41, 5.74) is 2.58. The highest BCUT2D eigenvalue weighted by Gasteiger charge is 2.13. The Bertz CT molecular complexity index is 400. The van der Waals surface area contributed by atoms with Gasteiger partial charge >= 0.3 is 0 Å². The van der Waals surface area contributed by atoms with Crippen molar-refractivity contribution in [2.24, 2.45) is 0 Å². The van der Waals surface area contributed by atoms with E-state index in [-0.39, 0.29) is 11.2 Å². The van der Waals surface area contributed by atoms with Crippen LogP contribution in [0.15, 0.2) is 24.3 Å². The van der Waals surface area contributed by atoms with Gasteiger partial charge < -0.3 is 5.32 Å². The number of carbonyl (C=O) groups is 1. The van der Waals surface area contributed by atoms with Crippen LogP contribution >= 0.6 is 0 Å². The van der Waals surface area contributed by atoms with Crippen molar-refractivity contribution in [1.29, 1.82) is 0 Å². The van der Waals surface area contributed by atoms with E-state index in [1.807, 2.05) is 0 Å². The standard InChI is InChI=1S/C17H27NO/c1-6-13(2)18-12-16(19)11-14-7-9-15(10-8-14)17(3,4)5/h7-10,13,18H,6,11-12H2,1-5H3. The molecule has 0 amide bonds. The first-order chi connectivity index (χ1) is 8.82. The van der Waals surface area contributed by atoms with Gasteiger partial charge in [0.1, 0.15) is 0 Å². The van der Waals surface area contributed by atoms with Gasteiger partial charge in [-0.25, -0.2) is 0 Å². The van der Waals surface area contributed by atoms with E-state index in [0.29, 0.717) is 19.0 Å². The zero-order valence-corrected chi connectivity index (χ0v) is 12.9. The number of ketones is 1. The Balaban J connectivity index is 2.51. The van der Waals surface area contributed by atoms with Crippen molar-refractivity contribution in [3.8, 4) is 0 Å². The third-order valence-electron chi connectivity index (χ3n) is 3.48. The van der Waals surface area contributed by atoms with Gasteiger partial charge in [-0.05, 0) is 29.9 Å². The summed E-state index contributed by atoms with van der Waals surface area (Å²) in [4.78, 5) is 11.9. The predicted molar refractivity (Wildman–Crippen MR) is 81.6 cm³/mol. The number of rotatable bonds is 6. The molecule has 106 valence electrons. The SMILES string of the molecule is CCC(C)NCC(=O)Cc1ccc(C(C)(C)C)cc1. The molecular weight excluding hydrogens is 234 g/mol. The van der Waals surface area contributed by atoms with Gasteiger partial charge in [0.05, 0.1) is 6.54 Å². The second-order valence-electron chi connectivity index (χ2n) is 6.35. The average Bonchev–Trinajstić information content (AvgIpc) is 2.35. The van der Waals surface area contributed by atoms with E-state index in [0.717, 1.165) is 12.0 Å². The Labute approximate surface area is 117 Å². The van der Waals surface area contributed by atoms with E-state index in [1.165, 1.54) is 5.56 Å². The van der Waals surface area contributed by atoms with Gasteiger partial charge in [0.25, 0.3) is 0 Å². The van der Waals surface area contributed by atoms with Crippen molar-refractivity contribution in [2.75, 3.05) is 6.54 Å². The minimum atomic E-state index is 0.167. The molecule has 0 aliphatic carbocycles. The van der Waals surface area contributed by atoms with Crippen LogP contribution in [-0.2, 0) is 16.6 Å². The molecule has 0 aromatic heterocycles. The van der Waals surface area contributed by atoms with Crippen molar-refractivity contribution in [3.05, 3.63) is 35.4 Å². The fourth-order valence-corrected chi connectivity index (χ4v) is 1.85. The van der Waals surface area contributed by atoms with Crippen LogP contribution in [0.25, 0.3) is 0 Å². The summed E-state index contributed by atoms with van der Waals surface area (Å²) in [7, 11) is 0. The van der Waals surface area contributed by atoms with E-state index in [2.05, 4.69) is 64.2 Å². The lowest BCUT2D eigenvalue weighted by Crippen LogP contribution is -2.31. The molecular formula is C17H27NO. The molecule has 0 saturated heterocycles. The van der Waals surface area contributed by atoms with Gasteiger partial charge in [-0.2, -0.15) is 0 Å². The molecule has 2 nitrogen and oxygen atoms in total. The molecule has 1 rings (SSSR count). The van der Waals surface area contributed by atoms with Crippen molar-refractivity contribution in [2.45, 2.75) is 58.9 Å². The van der Waals surface area contributed by atoms with Crippen LogP contribution < -0.4 is 5.32 Å². The molecule has 1 unspecified atom stereocenters. The van der Waals surface area contributed by atoms with Crippen molar-refractivity contribution in [3.63, 3.8) is 0 Å². The Hall–Kier alpha value is -1.15. The molecule has 0 radical (unpaired) electrons. The molecule has 1 aromatic carbocycles. The summed E-state index contributed by atoms with van der Waals surface area (Å²) in [5, 5.41) is 3.24. The molecule has 1 N–H and O–H groups in total. The molecule has 1 atom stereocenters. The molecule has 0 aliphatic heterocycles. The van der Waals surface area contributed by atoms with Crippen molar-refractivity contribution < 1.29 is 4.79 Å². The Morgan fingerprint density at radius 2 is 1.79 bits per heavy atom. The predicted octanol–water partition coefficient (Wildman–Crippen LogP) is 3.48. The Kier molecular flexibility index (Phi) is 5.74. The second kappa shape index (κ2) is 6.85. The maximum Gasteiger partial charge on any atom is 0.150 e. The van der Waals surface area contributed by atoms with E-state index >= 15 is 0 Å². The minimum Gasteiger partial charge on any atom is -0.307 e. The first-order valence-corrected chi connectivity index (χ1v) is 7.17. The molecule has 19 heavy (non-hydrogen) atoms. The van der Waals surface area contributed by atoms with Crippen LogP contribution in [0.3, 0.4) is 0 Å². The number of hydrogen-bond acceptors (Lipinski definition) is 2. The van der Waals surface area contributed by atoms with Crippen LogP contribution in [-0.4, -0.2) is 18.4 Å². The molecule has 0 bridgehead atoms. The monoisotopic (exact) mass is 261 g/mol.